The number of hydrogen-bond acceptors (Lipinski definition) is 7. The molecule has 236 valence electrons. The molecule has 0 bridgehead atoms. The number of ether oxygens (including phenoxy) is 4. The summed E-state index contributed by atoms with van der Waals surface area (Å²) in [5.41, 5.74) is -0.644. The van der Waals surface area contributed by atoms with Crippen molar-refractivity contribution in [2.75, 3.05) is 37.9 Å². The van der Waals surface area contributed by atoms with E-state index < -0.39 is 19.0 Å². The predicted octanol–water partition coefficient (Wildman–Crippen LogP) is 9.15. The maximum atomic E-state index is 6.61. The molecule has 0 aliphatic heterocycles. The van der Waals surface area contributed by atoms with E-state index in [4.69, 9.17) is 18.9 Å². The quantitative estimate of drug-likeness (QED) is 0.0313. The van der Waals surface area contributed by atoms with Gasteiger partial charge in [-0.3, -0.25) is 0 Å². The lowest BCUT2D eigenvalue weighted by Crippen LogP contribution is -2.46. The summed E-state index contributed by atoms with van der Waals surface area (Å²) in [5, 5.41) is 0. The fraction of sp³-hybridized carbons (Fsp3) is 1.00. The zero-order valence-corrected chi connectivity index (χ0v) is 32.1. The van der Waals surface area contributed by atoms with Gasteiger partial charge in [-0.15, -0.1) is 0 Å². The highest BCUT2D eigenvalue weighted by molar-refractivity contribution is 9.09. The Hall–Kier alpha value is 1.32. The molecule has 0 heterocycles. The molecule has 0 aromatic carbocycles. The van der Waals surface area contributed by atoms with E-state index in [1.165, 1.54) is 76.3 Å². The fourth-order valence-corrected chi connectivity index (χ4v) is 14.2. The zero-order chi connectivity index (χ0) is 28.9. The van der Waals surface area contributed by atoms with Crippen LogP contribution < -0.4 is 0 Å². The fourth-order valence-electron chi connectivity index (χ4n) is 4.20. The minimum absolute atomic E-state index is 0.322. The van der Waals surface area contributed by atoms with E-state index in [1.807, 2.05) is 31.4 Å². The van der Waals surface area contributed by atoms with Crippen molar-refractivity contribution in [1.29, 1.82) is 0 Å². The monoisotopic (exact) mass is 642 g/mol. The second-order valence-electron chi connectivity index (χ2n) is 10.8. The maximum absolute atomic E-state index is 6.61. The molecule has 0 saturated heterocycles. The SMILES string of the molecule is CCCCC[SiH2]C(CSSSCC(OCCCC)(OCCCC)[SiH2]CCCCC)(OCCCC)OCCCC. The molecule has 39 heavy (non-hydrogen) atoms. The molecular formula is C30H66O4S3Si2. The molecule has 0 unspecified atom stereocenters. The minimum atomic E-state index is -0.494. The lowest BCUT2D eigenvalue weighted by atomic mass is 10.3. The molecule has 0 rings (SSSR count). The first-order valence-electron chi connectivity index (χ1n) is 16.5. The van der Waals surface area contributed by atoms with Crippen molar-refractivity contribution in [2.45, 2.75) is 154 Å². The summed E-state index contributed by atoms with van der Waals surface area (Å²) in [4.78, 5) is 0. The van der Waals surface area contributed by atoms with Crippen molar-refractivity contribution in [1.82, 2.24) is 0 Å². The summed E-state index contributed by atoms with van der Waals surface area (Å²) in [5.74, 6) is 1.87. The third kappa shape index (κ3) is 22.5. The molecule has 0 aromatic rings. The Kier molecular flexibility index (Phi) is 30.4. The van der Waals surface area contributed by atoms with Gasteiger partial charge >= 0.3 is 0 Å². The lowest BCUT2D eigenvalue weighted by Gasteiger charge is -2.35. The topological polar surface area (TPSA) is 36.9 Å². The standard InChI is InChI=1S/C30H66O4S3Si2/c1-7-13-19-25-38-29(31-21-15-9-3,32-22-16-10-4)27-35-37-36-28-30(33-23-17-11-5,34-24-18-12-6)39-26-20-14-8-2/h7-28,38-39H2,1-6H3. The van der Waals surface area contributed by atoms with Crippen LogP contribution in [0.1, 0.15) is 131 Å². The summed E-state index contributed by atoms with van der Waals surface area (Å²) < 4.78 is 26.4. The van der Waals surface area contributed by atoms with Gasteiger partial charge in [0.2, 0.25) is 0 Å². The van der Waals surface area contributed by atoms with Gasteiger partial charge in [-0.05, 0) is 35.5 Å². The van der Waals surface area contributed by atoms with Crippen LogP contribution in [0.3, 0.4) is 0 Å². The average molecular weight is 643 g/mol. The van der Waals surface area contributed by atoms with Gasteiger partial charge in [0.15, 0.2) is 10.8 Å². The molecule has 0 saturated carbocycles. The second kappa shape index (κ2) is 29.4. The molecule has 0 aromatic heterocycles. The molecular weight excluding hydrogens is 577 g/mol. The summed E-state index contributed by atoms with van der Waals surface area (Å²) in [6.45, 7) is 16.8. The molecule has 0 N–H and O–H groups in total. The third-order valence-electron chi connectivity index (χ3n) is 6.93. The Morgan fingerprint density at radius 2 is 0.744 bits per heavy atom. The Morgan fingerprint density at radius 1 is 0.436 bits per heavy atom. The largest absolute Gasteiger partial charge is 0.354 e. The third-order valence-corrected chi connectivity index (χ3v) is 16.5. The summed E-state index contributed by atoms with van der Waals surface area (Å²) in [6.07, 6.45) is 17.0. The smallest absolute Gasteiger partial charge is 0.154 e. The van der Waals surface area contributed by atoms with Crippen molar-refractivity contribution in [3.63, 3.8) is 0 Å². The molecule has 0 atom stereocenters. The molecule has 4 nitrogen and oxygen atoms in total. The van der Waals surface area contributed by atoms with Crippen LogP contribution in [0, 0.1) is 0 Å². The van der Waals surface area contributed by atoms with E-state index in [2.05, 4.69) is 41.5 Å². The van der Waals surface area contributed by atoms with Gasteiger partial charge < -0.3 is 18.9 Å². The summed E-state index contributed by atoms with van der Waals surface area (Å²) in [6, 6.07) is 2.63. The van der Waals surface area contributed by atoms with E-state index >= 15 is 0 Å². The first-order chi connectivity index (χ1) is 19.1. The van der Waals surface area contributed by atoms with E-state index in [9.17, 15) is 0 Å². The molecule has 0 spiro atoms. The van der Waals surface area contributed by atoms with Gasteiger partial charge in [0.1, 0.15) is 0 Å². The Balaban J connectivity index is 5.22. The van der Waals surface area contributed by atoms with Crippen LogP contribution in [0.15, 0.2) is 0 Å². The minimum Gasteiger partial charge on any atom is -0.354 e. The molecule has 0 radical (unpaired) electrons. The highest BCUT2D eigenvalue weighted by Gasteiger charge is 2.34. The van der Waals surface area contributed by atoms with E-state index in [1.54, 1.807) is 0 Å². The van der Waals surface area contributed by atoms with Crippen LogP contribution in [-0.4, -0.2) is 67.8 Å². The highest BCUT2D eigenvalue weighted by atomic mass is 33.5. The number of rotatable bonds is 32. The zero-order valence-electron chi connectivity index (χ0n) is 26.8. The van der Waals surface area contributed by atoms with Crippen molar-refractivity contribution in [3.8, 4) is 0 Å². The normalized spacial score (nSPS) is 13.1. The van der Waals surface area contributed by atoms with Gasteiger partial charge in [-0.25, -0.2) is 0 Å². The molecule has 9 heteroatoms. The van der Waals surface area contributed by atoms with Crippen LogP contribution in [0.5, 0.6) is 0 Å². The molecule has 0 amide bonds. The lowest BCUT2D eigenvalue weighted by molar-refractivity contribution is -0.166. The van der Waals surface area contributed by atoms with Gasteiger partial charge in [0.25, 0.3) is 0 Å². The van der Waals surface area contributed by atoms with Gasteiger partial charge in [0.05, 0.1) is 30.5 Å². The predicted molar refractivity (Wildman–Crippen MR) is 187 cm³/mol. The van der Waals surface area contributed by atoms with E-state index in [0.29, 0.717) is 0 Å². The van der Waals surface area contributed by atoms with Crippen LogP contribution in [0.25, 0.3) is 0 Å². The molecule has 0 aliphatic rings. The van der Waals surface area contributed by atoms with Crippen molar-refractivity contribution in [3.05, 3.63) is 0 Å². The van der Waals surface area contributed by atoms with Crippen LogP contribution in [0.2, 0.25) is 12.1 Å². The molecule has 0 aliphatic carbocycles. The van der Waals surface area contributed by atoms with Crippen LogP contribution in [-0.2, 0) is 18.9 Å². The van der Waals surface area contributed by atoms with Crippen molar-refractivity contribution < 1.29 is 18.9 Å². The van der Waals surface area contributed by atoms with Crippen LogP contribution in [0.4, 0.5) is 0 Å². The summed E-state index contributed by atoms with van der Waals surface area (Å²) in [7, 11) is 4.80. The first-order valence-corrected chi connectivity index (χ1v) is 23.8. The van der Waals surface area contributed by atoms with Crippen LogP contribution >= 0.6 is 31.4 Å². The Morgan fingerprint density at radius 3 is 1.03 bits per heavy atom. The number of hydrogen-bond donors (Lipinski definition) is 0. The Labute approximate surface area is 260 Å². The van der Waals surface area contributed by atoms with E-state index in [0.717, 1.165) is 63.6 Å². The number of unbranched alkanes of at least 4 members (excludes halogenated alkanes) is 8. The van der Waals surface area contributed by atoms with Crippen molar-refractivity contribution >= 4 is 50.5 Å². The van der Waals surface area contributed by atoms with Gasteiger partial charge in [-0.2, -0.15) is 0 Å². The van der Waals surface area contributed by atoms with Crippen molar-refractivity contribution in [2.24, 2.45) is 0 Å². The maximum Gasteiger partial charge on any atom is 0.154 e. The first kappa shape index (κ1) is 40.3. The summed E-state index contributed by atoms with van der Waals surface area (Å²) >= 11 is 0. The highest BCUT2D eigenvalue weighted by Crippen LogP contribution is 2.40. The Bertz CT molecular complexity index is 445. The second-order valence-corrected chi connectivity index (χ2v) is 19.6. The van der Waals surface area contributed by atoms with Gasteiger partial charge in [0, 0.05) is 26.4 Å². The van der Waals surface area contributed by atoms with E-state index in [-0.39, 0.29) is 10.8 Å². The molecule has 0 fully saturated rings. The average Bonchev–Trinajstić information content (AvgIpc) is 2.94. The van der Waals surface area contributed by atoms with Gasteiger partial charge in [-0.1, -0.05) is 139 Å².